The van der Waals surface area contributed by atoms with Crippen molar-refractivity contribution in [2.24, 2.45) is 0 Å². The largest absolute Gasteiger partial charge is 0.489 e. The van der Waals surface area contributed by atoms with Crippen molar-refractivity contribution in [2.45, 2.75) is 57.5 Å². The van der Waals surface area contributed by atoms with Gasteiger partial charge in [-0.2, -0.15) is 0 Å². The molecule has 0 aliphatic heterocycles. The third-order valence-electron chi connectivity index (χ3n) is 5.27. The highest BCUT2D eigenvalue weighted by molar-refractivity contribution is 6.32. The third-order valence-corrected chi connectivity index (χ3v) is 5.57. The molecule has 2 aliphatic carbocycles. The Morgan fingerprint density at radius 1 is 1.11 bits per heavy atom. The highest BCUT2D eigenvalue weighted by Gasteiger charge is 2.26. The van der Waals surface area contributed by atoms with Crippen molar-refractivity contribution >= 4 is 29.1 Å². The average Bonchev–Trinajstić information content (AvgIpc) is 3.18. The first kappa shape index (κ1) is 20.6. The Hall–Kier alpha value is -2.08. The number of amides is 2. The maximum Gasteiger partial charge on any atom is 0.252 e. The van der Waals surface area contributed by atoms with Crippen LogP contribution in [0.1, 0.15) is 51.4 Å². The highest BCUT2D eigenvalue weighted by Crippen LogP contribution is 2.34. The van der Waals surface area contributed by atoms with Gasteiger partial charge in [0.2, 0.25) is 5.91 Å². The van der Waals surface area contributed by atoms with Crippen molar-refractivity contribution in [2.75, 3.05) is 19.4 Å². The van der Waals surface area contributed by atoms with E-state index < -0.39 is 11.7 Å². The topological polar surface area (TPSA) is 58.6 Å². The molecule has 1 aromatic carbocycles. The van der Waals surface area contributed by atoms with Gasteiger partial charge >= 0.3 is 0 Å². The Morgan fingerprint density at radius 2 is 1.75 bits per heavy atom. The highest BCUT2D eigenvalue weighted by atomic mass is 35.5. The van der Waals surface area contributed by atoms with E-state index in [9.17, 15) is 14.0 Å². The first-order chi connectivity index (χ1) is 13.4. The summed E-state index contributed by atoms with van der Waals surface area (Å²) in [5, 5.41) is 2.80. The molecule has 0 saturated heterocycles. The van der Waals surface area contributed by atoms with Crippen LogP contribution >= 0.6 is 11.6 Å². The Labute approximate surface area is 169 Å². The number of anilines is 1. The van der Waals surface area contributed by atoms with Crippen LogP contribution in [0, 0.1) is 5.82 Å². The molecule has 1 fully saturated rings. The second-order valence-corrected chi connectivity index (χ2v) is 8.01. The molecule has 2 aliphatic rings. The van der Waals surface area contributed by atoms with E-state index in [1.165, 1.54) is 11.0 Å². The number of hydrogen-bond donors (Lipinski definition) is 1. The maximum atomic E-state index is 14.4. The van der Waals surface area contributed by atoms with Crippen LogP contribution in [0.3, 0.4) is 0 Å². The summed E-state index contributed by atoms with van der Waals surface area (Å²) in [6, 6.07) is 2.59. The predicted octanol–water partition coefficient (Wildman–Crippen LogP) is 4.70. The van der Waals surface area contributed by atoms with Crippen molar-refractivity contribution in [3.05, 3.63) is 34.1 Å². The minimum absolute atomic E-state index is 0.0112. The third kappa shape index (κ3) is 4.66. The zero-order chi connectivity index (χ0) is 20.3. The van der Waals surface area contributed by atoms with Gasteiger partial charge in [0.15, 0.2) is 0 Å². The van der Waals surface area contributed by atoms with E-state index in [1.54, 1.807) is 14.1 Å². The maximum absolute atomic E-state index is 14.4. The van der Waals surface area contributed by atoms with Crippen LogP contribution in [0.25, 0.3) is 0 Å². The number of carbonyl (C=O) groups excluding carboxylic acids is 2. The van der Waals surface area contributed by atoms with E-state index in [2.05, 4.69) is 5.32 Å². The summed E-state index contributed by atoms with van der Waals surface area (Å²) in [6.07, 6.45) is 6.90. The SMILES string of the molecule is CN(C)C(=O)C1=C(C(=O)Nc2cc(OC3CCCC3)c(Cl)cc2F)CCCC1. The molecule has 5 nitrogen and oxygen atoms in total. The monoisotopic (exact) mass is 408 g/mol. The normalized spacial score (nSPS) is 17.6. The fourth-order valence-electron chi connectivity index (χ4n) is 3.76. The van der Waals surface area contributed by atoms with Crippen LogP contribution in [-0.2, 0) is 9.59 Å². The zero-order valence-electron chi connectivity index (χ0n) is 16.3. The standard InChI is InChI=1S/C21H26ClFN2O3/c1-25(2)21(27)15-10-6-5-9-14(15)20(26)24-18-12-19(16(22)11-17(18)23)28-13-7-3-4-8-13/h11-13H,3-10H2,1-2H3,(H,24,26). The predicted molar refractivity (Wildman–Crippen MR) is 107 cm³/mol. The van der Waals surface area contributed by atoms with Gasteiger partial charge in [-0.1, -0.05) is 11.6 Å². The number of nitrogens with zero attached hydrogens (tertiary/aromatic N) is 1. The van der Waals surface area contributed by atoms with E-state index in [1.807, 2.05) is 0 Å². The van der Waals surface area contributed by atoms with Crippen molar-refractivity contribution < 1.29 is 18.7 Å². The molecule has 0 atom stereocenters. The fraction of sp³-hybridized carbons (Fsp3) is 0.524. The quantitative estimate of drug-likeness (QED) is 0.768. The van der Waals surface area contributed by atoms with Gasteiger partial charge in [-0.05, 0) is 57.4 Å². The summed E-state index contributed by atoms with van der Waals surface area (Å²) in [4.78, 5) is 26.7. The average molecular weight is 409 g/mol. The number of hydrogen-bond acceptors (Lipinski definition) is 3. The van der Waals surface area contributed by atoms with E-state index in [0.717, 1.165) is 44.6 Å². The lowest BCUT2D eigenvalue weighted by Crippen LogP contribution is -2.29. The Balaban J connectivity index is 1.83. The number of likely N-dealkylation sites (N-methyl/N-ethyl adjacent to an activating group) is 1. The molecule has 2 amide bonds. The molecule has 0 bridgehead atoms. The number of benzene rings is 1. The second kappa shape index (κ2) is 8.95. The van der Waals surface area contributed by atoms with Crippen molar-refractivity contribution in [1.29, 1.82) is 0 Å². The molecule has 0 radical (unpaired) electrons. The van der Waals surface area contributed by atoms with Gasteiger partial charge in [-0.25, -0.2) is 4.39 Å². The molecule has 7 heteroatoms. The summed E-state index contributed by atoms with van der Waals surface area (Å²) in [5.41, 5.74) is 0.945. The van der Waals surface area contributed by atoms with Gasteiger partial charge in [0.1, 0.15) is 11.6 Å². The minimum atomic E-state index is -0.631. The summed E-state index contributed by atoms with van der Waals surface area (Å²) >= 11 is 6.13. The van der Waals surface area contributed by atoms with E-state index in [4.69, 9.17) is 16.3 Å². The van der Waals surface area contributed by atoms with E-state index in [-0.39, 0.29) is 22.7 Å². The summed E-state index contributed by atoms with van der Waals surface area (Å²) in [5.74, 6) is -0.883. The van der Waals surface area contributed by atoms with E-state index in [0.29, 0.717) is 29.7 Å². The lowest BCUT2D eigenvalue weighted by molar-refractivity contribution is -0.125. The molecule has 0 unspecified atom stereocenters. The van der Waals surface area contributed by atoms with Gasteiger partial charge in [-0.15, -0.1) is 0 Å². The molecular formula is C21H26ClFN2O3. The first-order valence-electron chi connectivity index (χ1n) is 9.77. The van der Waals surface area contributed by atoms with Crippen LogP contribution in [0.5, 0.6) is 5.75 Å². The van der Waals surface area contributed by atoms with Crippen LogP contribution < -0.4 is 10.1 Å². The Morgan fingerprint density at radius 3 is 2.39 bits per heavy atom. The van der Waals surface area contributed by atoms with Crippen LogP contribution in [0.2, 0.25) is 5.02 Å². The van der Waals surface area contributed by atoms with Gasteiger partial charge in [0.05, 0.1) is 16.8 Å². The molecule has 3 rings (SSSR count). The molecule has 0 spiro atoms. The van der Waals surface area contributed by atoms with Gasteiger partial charge < -0.3 is 15.0 Å². The van der Waals surface area contributed by atoms with Crippen molar-refractivity contribution in [1.82, 2.24) is 4.90 Å². The smallest absolute Gasteiger partial charge is 0.252 e. The van der Waals surface area contributed by atoms with Crippen LogP contribution in [0.15, 0.2) is 23.3 Å². The summed E-state index contributed by atoms with van der Waals surface area (Å²) < 4.78 is 20.3. The van der Waals surface area contributed by atoms with Crippen LogP contribution in [0.4, 0.5) is 10.1 Å². The molecule has 1 N–H and O–H groups in total. The fourth-order valence-corrected chi connectivity index (χ4v) is 3.96. The number of carbonyl (C=O) groups is 2. The molecule has 0 heterocycles. The van der Waals surface area contributed by atoms with Crippen LogP contribution in [-0.4, -0.2) is 36.9 Å². The lowest BCUT2D eigenvalue weighted by Gasteiger charge is -2.22. The summed E-state index contributed by atoms with van der Waals surface area (Å²) in [6.45, 7) is 0. The molecular weight excluding hydrogens is 383 g/mol. The molecule has 1 aromatic rings. The van der Waals surface area contributed by atoms with E-state index >= 15 is 0 Å². The summed E-state index contributed by atoms with van der Waals surface area (Å²) in [7, 11) is 3.32. The number of ether oxygens (including phenoxy) is 1. The number of rotatable bonds is 5. The van der Waals surface area contributed by atoms with Gasteiger partial charge in [0, 0.05) is 31.3 Å². The molecule has 1 saturated carbocycles. The van der Waals surface area contributed by atoms with Crippen molar-refractivity contribution in [3.8, 4) is 5.75 Å². The van der Waals surface area contributed by atoms with Gasteiger partial charge in [-0.3, -0.25) is 9.59 Å². The number of halogens is 2. The molecule has 28 heavy (non-hydrogen) atoms. The lowest BCUT2D eigenvalue weighted by atomic mass is 9.90. The zero-order valence-corrected chi connectivity index (χ0v) is 17.1. The van der Waals surface area contributed by atoms with Gasteiger partial charge in [0.25, 0.3) is 5.91 Å². The Kier molecular flexibility index (Phi) is 6.60. The minimum Gasteiger partial charge on any atom is -0.489 e. The molecule has 152 valence electrons. The van der Waals surface area contributed by atoms with Crippen molar-refractivity contribution in [3.63, 3.8) is 0 Å². The second-order valence-electron chi connectivity index (χ2n) is 7.60. The number of nitrogens with one attached hydrogen (secondary N) is 1. The molecule has 0 aromatic heterocycles. The Bertz CT molecular complexity index is 801. The first-order valence-corrected chi connectivity index (χ1v) is 10.2.